The fourth-order valence-corrected chi connectivity index (χ4v) is 5.14. The summed E-state index contributed by atoms with van der Waals surface area (Å²) in [5.74, 6) is 0.746. The molecule has 3 heterocycles. The molecule has 6 nitrogen and oxygen atoms in total. The van der Waals surface area contributed by atoms with Crippen LogP contribution in [0.3, 0.4) is 0 Å². The van der Waals surface area contributed by atoms with E-state index in [0.29, 0.717) is 24.2 Å². The topological polar surface area (TPSA) is 79.0 Å². The fourth-order valence-electron chi connectivity index (χ4n) is 5.14. The molecule has 31 heavy (non-hydrogen) atoms. The molecule has 0 bridgehead atoms. The van der Waals surface area contributed by atoms with Crippen LogP contribution in [0, 0.1) is 0 Å². The minimum Gasteiger partial charge on any atom is -0.338 e. The molecule has 1 aliphatic carbocycles. The van der Waals surface area contributed by atoms with E-state index in [2.05, 4.69) is 9.97 Å². The van der Waals surface area contributed by atoms with Crippen molar-refractivity contribution in [3.63, 3.8) is 0 Å². The first-order valence-corrected chi connectivity index (χ1v) is 11.0. The SMILES string of the molecule is CCc1[nH]c(=O)ccc1C(=O)N1CCCC2(CCc3cnc(-c4ccccc4)nc32)C1. The molecule has 1 fully saturated rings. The number of likely N-dealkylation sites (tertiary alicyclic amines) is 1. The van der Waals surface area contributed by atoms with Crippen LogP contribution in [-0.4, -0.2) is 38.8 Å². The lowest BCUT2D eigenvalue weighted by atomic mass is 9.77. The quantitative estimate of drug-likeness (QED) is 0.711. The molecule has 0 saturated carbocycles. The second-order valence-electron chi connectivity index (χ2n) is 8.61. The first kappa shape index (κ1) is 19.7. The Morgan fingerprint density at radius 2 is 2.00 bits per heavy atom. The van der Waals surface area contributed by atoms with Gasteiger partial charge in [-0.2, -0.15) is 0 Å². The minimum atomic E-state index is -0.168. The van der Waals surface area contributed by atoms with E-state index in [1.165, 1.54) is 11.6 Å². The molecule has 1 unspecified atom stereocenters. The summed E-state index contributed by atoms with van der Waals surface area (Å²) in [7, 11) is 0. The van der Waals surface area contributed by atoms with Crippen LogP contribution in [-0.2, 0) is 18.3 Å². The zero-order chi connectivity index (χ0) is 21.4. The lowest BCUT2D eigenvalue weighted by molar-refractivity contribution is 0.0632. The number of fused-ring (bicyclic) bond motifs is 2. The molecule has 1 amide bonds. The van der Waals surface area contributed by atoms with Crippen molar-refractivity contribution >= 4 is 5.91 Å². The first-order valence-electron chi connectivity index (χ1n) is 11.0. The largest absolute Gasteiger partial charge is 0.338 e. The van der Waals surface area contributed by atoms with E-state index in [9.17, 15) is 9.59 Å². The van der Waals surface area contributed by atoms with Gasteiger partial charge in [0, 0.05) is 42.0 Å². The third-order valence-corrected chi connectivity index (χ3v) is 6.72. The van der Waals surface area contributed by atoms with Gasteiger partial charge in [0.1, 0.15) is 0 Å². The first-order chi connectivity index (χ1) is 15.1. The molecule has 5 rings (SSSR count). The summed E-state index contributed by atoms with van der Waals surface area (Å²) in [5, 5.41) is 0. The zero-order valence-corrected chi connectivity index (χ0v) is 17.7. The third kappa shape index (κ3) is 3.46. The van der Waals surface area contributed by atoms with Crippen LogP contribution in [0.5, 0.6) is 0 Å². The summed E-state index contributed by atoms with van der Waals surface area (Å²) in [6.45, 7) is 3.34. The van der Waals surface area contributed by atoms with Crippen molar-refractivity contribution in [2.75, 3.05) is 13.1 Å². The average Bonchev–Trinajstić information content (AvgIpc) is 3.16. The predicted molar refractivity (Wildman–Crippen MR) is 119 cm³/mol. The van der Waals surface area contributed by atoms with E-state index < -0.39 is 0 Å². The van der Waals surface area contributed by atoms with Crippen molar-refractivity contribution in [3.8, 4) is 11.4 Å². The highest BCUT2D eigenvalue weighted by molar-refractivity contribution is 5.95. The monoisotopic (exact) mass is 414 g/mol. The molecule has 158 valence electrons. The number of hydrogen-bond donors (Lipinski definition) is 1. The average molecular weight is 415 g/mol. The molecule has 1 aromatic carbocycles. The number of aryl methyl sites for hydroxylation is 2. The van der Waals surface area contributed by atoms with Gasteiger partial charge < -0.3 is 9.88 Å². The van der Waals surface area contributed by atoms with E-state index in [1.54, 1.807) is 6.07 Å². The Balaban J connectivity index is 1.48. The standard InChI is InChI=1S/C25H26N4O2/c1-2-20-19(9-10-21(30)27-20)24(31)29-14-6-12-25(16-29)13-11-18-15-26-23(28-22(18)25)17-7-4-3-5-8-17/h3-5,7-10,15H,2,6,11-14,16H2,1H3,(H,27,30). The Labute approximate surface area is 181 Å². The van der Waals surface area contributed by atoms with Gasteiger partial charge >= 0.3 is 0 Å². The Hall–Kier alpha value is -3.28. The van der Waals surface area contributed by atoms with Gasteiger partial charge in [-0.05, 0) is 43.7 Å². The van der Waals surface area contributed by atoms with Gasteiger partial charge in [-0.15, -0.1) is 0 Å². The number of pyridine rings is 1. The summed E-state index contributed by atoms with van der Waals surface area (Å²) < 4.78 is 0. The van der Waals surface area contributed by atoms with Gasteiger partial charge in [0.15, 0.2) is 5.82 Å². The van der Waals surface area contributed by atoms with E-state index in [4.69, 9.17) is 4.98 Å². The van der Waals surface area contributed by atoms with Crippen LogP contribution >= 0.6 is 0 Å². The van der Waals surface area contributed by atoms with Crippen molar-refractivity contribution < 1.29 is 4.79 Å². The molecular formula is C25H26N4O2. The smallest absolute Gasteiger partial charge is 0.255 e. The fraction of sp³-hybridized carbons (Fsp3) is 0.360. The maximum Gasteiger partial charge on any atom is 0.255 e. The zero-order valence-electron chi connectivity index (χ0n) is 17.7. The summed E-state index contributed by atoms with van der Waals surface area (Å²) in [5.41, 5.74) is 4.34. The summed E-state index contributed by atoms with van der Waals surface area (Å²) >= 11 is 0. The van der Waals surface area contributed by atoms with Crippen LogP contribution in [0.1, 0.15) is 53.5 Å². The van der Waals surface area contributed by atoms with Gasteiger partial charge in [-0.25, -0.2) is 9.97 Å². The van der Waals surface area contributed by atoms with Crippen LogP contribution < -0.4 is 5.56 Å². The maximum absolute atomic E-state index is 13.4. The number of piperidine rings is 1. The highest BCUT2D eigenvalue weighted by Gasteiger charge is 2.45. The van der Waals surface area contributed by atoms with Gasteiger partial charge in [0.05, 0.1) is 11.3 Å². The number of hydrogen-bond acceptors (Lipinski definition) is 4. The van der Waals surface area contributed by atoms with Crippen LogP contribution in [0.2, 0.25) is 0 Å². The van der Waals surface area contributed by atoms with Crippen molar-refractivity contribution in [1.29, 1.82) is 0 Å². The second-order valence-corrected chi connectivity index (χ2v) is 8.61. The Morgan fingerprint density at radius 1 is 1.16 bits per heavy atom. The molecule has 3 aromatic rings. The number of nitrogens with one attached hydrogen (secondary N) is 1. The van der Waals surface area contributed by atoms with Crippen LogP contribution in [0.4, 0.5) is 0 Å². The number of rotatable bonds is 3. The van der Waals surface area contributed by atoms with E-state index in [1.807, 2.05) is 48.4 Å². The Kier molecular flexibility index (Phi) is 4.93. The number of aromatic amines is 1. The van der Waals surface area contributed by atoms with E-state index in [0.717, 1.165) is 49.3 Å². The normalized spacial score (nSPS) is 20.1. The van der Waals surface area contributed by atoms with Crippen molar-refractivity contribution in [3.05, 3.63) is 81.5 Å². The Bertz CT molecular complexity index is 1180. The molecule has 1 N–H and O–H groups in total. The molecule has 1 saturated heterocycles. The molecule has 2 aromatic heterocycles. The van der Waals surface area contributed by atoms with Crippen molar-refractivity contribution in [2.45, 2.75) is 44.4 Å². The van der Waals surface area contributed by atoms with E-state index >= 15 is 0 Å². The van der Waals surface area contributed by atoms with Crippen LogP contribution in [0.25, 0.3) is 11.4 Å². The molecule has 0 radical (unpaired) electrons. The lowest BCUT2D eigenvalue weighted by Crippen LogP contribution is -2.48. The predicted octanol–water partition coefficient (Wildman–Crippen LogP) is 3.51. The number of carbonyl (C=O) groups excluding carboxylic acids is 1. The molecular weight excluding hydrogens is 388 g/mol. The number of nitrogens with zero attached hydrogens (tertiary/aromatic N) is 3. The number of benzene rings is 1. The van der Waals surface area contributed by atoms with Crippen LogP contribution in [0.15, 0.2) is 53.5 Å². The Morgan fingerprint density at radius 3 is 2.81 bits per heavy atom. The molecule has 1 spiro atoms. The van der Waals surface area contributed by atoms with Crippen molar-refractivity contribution in [1.82, 2.24) is 19.9 Å². The number of H-pyrrole nitrogens is 1. The summed E-state index contributed by atoms with van der Waals surface area (Å²) in [6, 6.07) is 13.2. The lowest BCUT2D eigenvalue weighted by Gasteiger charge is -2.40. The van der Waals surface area contributed by atoms with Crippen molar-refractivity contribution in [2.24, 2.45) is 0 Å². The molecule has 1 aliphatic heterocycles. The van der Waals surface area contributed by atoms with Gasteiger partial charge in [-0.3, -0.25) is 9.59 Å². The van der Waals surface area contributed by atoms with Gasteiger partial charge in [-0.1, -0.05) is 37.3 Å². The number of aromatic nitrogens is 3. The highest BCUT2D eigenvalue weighted by Crippen LogP contribution is 2.44. The highest BCUT2D eigenvalue weighted by atomic mass is 16.2. The minimum absolute atomic E-state index is 0.00189. The van der Waals surface area contributed by atoms with E-state index in [-0.39, 0.29) is 16.9 Å². The molecule has 6 heteroatoms. The maximum atomic E-state index is 13.4. The number of carbonyl (C=O) groups is 1. The molecule has 2 aliphatic rings. The summed E-state index contributed by atoms with van der Waals surface area (Å²) in [4.78, 5) is 39.5. The number of amides is 1. The third-order valence-electron chi connectivity index (χ3n) is 6.72. The van der Waals surface area contributed by atoms with Gasteiger partial charge in [0.25, 0.3) is 5.91 Å². The second kappa shape index (κ2) is 7.76. The summed E-state index contributed by atoms with van der Waals surface area (Å²) in [6.07, 6.45) is 6.50. The van der Waals surface area contributed by atoms with Gasteiger partial charge in [0.2, 0.25) is 5.56 Å². The molecule has 1 atom stereocenters.